The van der Waals surface area contributed by atoms with E-state index in [0.717, 1.165) is 24.2 Å². The number of carbonyl (C=O) groups excluding carboxylic acids is 2. The second-order valence-electron chi connectivity index (χ2n) is 7.72. The van der Waals surface area contributed by atoms with Crippen LogP contribution in [0.4, 0.5) is 0 Å². The van der Waals surface area contributed by atoms with Crippen molar-refractivity contribution in [1.29, 1.82) is 0 Å². The number of ether oxygens (including phenoxy) is 3. The molecule has 0 amide bonds. The molecule has 0 aromatic heterocycles. The minimum atomic E-state index is -0.470. The molecule has 0 N–H and O–H groups in total. The zero-order valence-electron chi connectivity index (χ0n) is 19.0. The first-order chi connectivity index (χ1) is 16.2. The molecule has 0 heterocycles. The van der Waals surface area contributed by atoms with Crippen LogP contribution >= 0.6 is 0 Å². The number of hydrogen-bond acceptors (Lipinski definition) is 5. The van der Waals surface area contributed by atoms with E-state index in [4.69, 9.17) is 14.2 Å². The van der Waals surface area contributed by atoms with Crippen LogP contribution in [0.25, 0.3) is 0 Å². The van der Waals surface area contributed by atoms with E-state index in [1.54, 1.807) is 48.5 Å². The molecule has 5 heteroatoms. The lowest BCUT2D eigenvalue weighted by Crippen LogP contribution is -2.10. The molecule has 0 atom stereocenters. The Morgan fingerprint density at radius 1 is 0.667 bits per heavy atom. The van der Waals surface area contributed by atoms with Gasteiger partial charge in [-0.05, 0) is 60.5 Å². The van der Waals surface area contributed by atoms with E-state index in [-0.39, 0.29) is 0 Å². The van der Waals surface area contributed by atoms with Crippen LogP contribution < -0.4 is 9.47 Å². The minimum Gasteiger partial charge on any atom is -0.494 e. The van der Waals surface area contributed by atoms with Crippen LogP contribution in [0.2, 0.25) is 0 Å². The number of benzene rings is 3. The van der Waals surface area contributed by atoms with Crippen molar-refractivity contribution < 1.29 is 23.8 Å². The third kappa shape index (κ3) is 8.11. The molecule has 0 aliphatic rings. The Bertz CT molecular complexity index is 995. The molecule has 172 valence electrons. The zero-order chi connectivity index (χ0) is 23.3. The standard InChI is InChI=1S/C28H30O5/c1-2-3-4-8-20-31-25-15-11-24(12-16-25)28(30)33-26-17-13-23(14-18-26)27(29)32-21-19-22-9-6-5-7-10-22/h5-7,9-18H,2-4,8,19-21H2,1H3. The van der Waals surface area contributed by atoms with Gasteiger partial charge in [0, 0.05) is 6.42 Å². The van der Waals surface area contributed by atoms with Gasteiger partial charge in [0.1, 0.15) is 11.5 Å². The average molecular weight is 447 g/mol. The zero-order valence-corrected chi connectivity index (χ0v) is 19.0. The van der Waals surface area contributed by atoms with Crippen LogP contribution in [0.3, 0.4) is 0 Å². The Morgan fingerprint density at radius 2 is 1.30 bits per heavy atom. The Hall–Kier alpha value is -3.60. The van der Waals surface area contributed by atoms with Gasteiger partial charge in [0.15, 0.2) is 0 Å². The van der Waals surface area contributed by atoms with Crippen molar-refractivity contribution in [2.75, 3.05) is 13.2 Å². The number of hydrogen-bond donors (Lipinski definition) is 0. The molecule has 3 aromatic rings. The fraction of sp³-hybridized carbons (Fsp3) is 0.286. The molecular formula is C28H30O5. The van der Waals surface area contributed by atoms with Gasteiger partial charge in [-0.15, -0.1) is 0 Å². The van der Waals surface area contributed by atoms with Crippen LogP contribution in [0.15, 0.2) is 78.9 Å². The first-order valence-corrected chi connectivity index (χ1v) is 11.4. The Labute approximate surface area is 195 Å². The van der Waals surface area contributed by atoms with Gasteiger partial charge >= 0.3 is 11.9 Å². The monoisotopic (exact) mass is 446 g/mol. The molecule has 0 bridgehead atoms. The lowest BCUT2D eigenvalue weighted by molar-refractivity contribution is 0.0509. The van der Waals surface area contributed by atoms with Crippen LogP contribution in [-0.2, 0) is 11.2 Å². The Balaban J connectivity index is 1.44. The summed E-state index contributed by atoms with van der Waals surface area (Å²) in [5.41, 5.74) is 1.94. The summed E-state index contributed by atoms with van der Waals surface area (Å²) in [6.07, 6.45) is 5.24. The molecule has 0 saturated heterocycles. The van der Waals surface area contributed by atoms with Crippen molar-refractivity contribution in [3.8, 4) is 11.5 Å². The van der Waals surface area contributed by atoms with Crippen LogP contribution in [-0.4, -0.2) is 25.2 Å². The van der Waals surface area contributed by atoms with Crippen molar-refractivity contribution in [2.45, 2.75) is 39.0 Å². The molecule has 5 nitrogen and oxygen atoms in total. The molecule has 0 fully saturated rings. The quantitative estimate of drug-likeness (QED) is 0.187. The largest absolute Gasteiger partial charge is 0.494 e. The van der Waals surface area contributed by atoms with Gasteiger partial charge in [-0.1, -0.05) is 56.5 Å². The summed E-state index contributed by atoms with van der Waals surface area (Å²) in [6.45, 7) is 3.15. The summed E-state index contributed by atoms with van der Waals surface area (Å²) in [5, 5.41) is 0. The van der Waals surface area contributed by atoms with Crippen molar-refractivity contribution >= 4 is 11.9 Å². The maximum Gasteiger partial charge on any atom is 0.343 e. The van der Waals surface area contributed by atoms with Crippen molar-refractivity contribution in [2.24, 2.45) is 0 Å². The van der Waals surface area contributed by atoms with Gasteiger partial charge in [-0.3, -0.25) is 0 Å². The van der Waals surface area contributed by atoms with Crippen molar-refractivity contribution in [3.63, 3.8) is 0 Å². The summed E-state index contributed by atoms with van der Waals surface area (Å²) in [5.74, 6) is 0.215. The Kier molecular flexibility index (Phi) is 9.52. The highest BCUT2D eigenvalue weighted by molar-refractivity contribution is 5.92. The summed E-state index contributed by atoms with van der Waals surface area (Å²) in [7, 11) is 0. The maximum atomic E-state index is 12.4. The average Bonchev–Trinajstić information content (AvgIpc) is 2.85. The fourth-order valence-electron chi connectivity index (χ4n) is 3.22. The van der Waals surface area contributed by atoms with E-state index in [9.17, 15) is 9.59 Å². The number of carbonyl (C=O) groups is 2. The second kappa shape index (κ2) is 13.1. The minimum absolute atomic E-state index is 0.304. The van der Waals surface area contributed by atoms with Gasteiger partial charge in [0.2, 0.25) is 0 Å². The van der Waals surface area contributed by atoms with Gasteiger partial charge in [0.05, 0.1) is 24.3 Å². The molecule has 0 spiro atoms. The summed E-state index contributed by atoms with van der Waals surface area (Å²) >= 11 is 0. The van der Waals surface area contributed by atoms with Crippen LogP contribution in [0.1, 0.15) is 58.9 Å². The fourth-order valence-corrected chi connectivity index (χ4v) is 3.22. The highest BCUT2D eigenvalue weighted by atomic mass is 16.5. The SMILES string of the molecule is CCCCCCOc1ccc(C(=O)Oc2ccc(C(=O)OCCc3ccccc3)cc2)cc1. The van der Waals surface area contributed by atoms with Gasteiger partial charge in [-0.2, -0.15) is 0 Å². The normalized spacial score (nSPS) is 10.5. The van der Waals surface area contributed by atoms with Crippen molar-refractivity contribution in [3.05, 3.63) is 95.6 Å². The first kappa shape index (κ1) is 24.1. The first-order valence-electron chi connectivity index (χ1n) is 11.4. The smallest absolute Gasteiger partial charge is 0.343 e. The number of unbranched alkanes of at least 4 members (excludes halogenated alkanes) is 3. The molecule has 0 aliphatic carbocycles. The van der Waals surface area contributed by atoms with Gasteiger partial charge in [-0.25, -0.2) is 9.59 Å². The van der Waals surface area contributed by atoms with Gasteiger partial charge in [0.25, 0.3) is 0 Å². The molecule has 33 heavy (non-hydrogen) atoms. The van der Waals surface area contributed by atoms with Crippen molar-refractivity contribution in [1.82, 2.24) is 0 Å². The van der Waals surface area contributed by atoms with Crippen LogP contribution in [0, 0.1) is 0 Å². The topological polar surface area (TPSA) is 61.8 Å². The summed E-state index contributed by atoms with van der Waals surface area (Å²) < 4.78 is 16.4. The second-order valence-corrected chi connectivity index (χ2v) is 7.72. The van der Waals surface area contributed by atoms with E-state index in [1.165, 1.54) is 12.8 Å². The van der Waals surface area contributed by atoms with Gasteiger partial charge < -0.3 is 14.2 Å². The highest BCUT2D eigenvalue weighted by Gasteiger charge is 2.11. The summed E-state index contributed by atoms with van der Waals surface area (Å²) in [6, 6.07) is 23.1. The molecular weight excluding hydrogens is 416 g/mol. The molecule has 0 aliphatic heterocycles. The third-order valence-electron chi connectivity index (χ3n) is 5.12. The van der Waals surface area contributed by atoms with Crippen LogP contribution in [0.5, 0.6) is 11.5 Å². The van der Waals surface area contributed by atoms with E-state index in [2.05, 4.69) is 6.92 Å². The molecule has 0 unspecified atom stereocenters. The molecule has 0 radical (unpaired) electrons. The Morgan fingerprint density at radius 3 is 1.97 bits per heavy atom. The lowest BCUT2D eigenvalue weighted by atomic mass is 10.2. The van der Waals surface area contributed by atoms with E-state index < -0.39 is 11.9 Å². The number of rotatable bonds is 12. The predicted molar refractivity (Wildman–Crippen MR) is 128 cm³/mol. The molecule has 3 aromatic carbocycles. The molecule has 0 saturated carbocycles. The number of esters is 2. The van der Waals surface area contributed by atoms with E-state index in [0.29, 0.717) is 36.5 Å². The van der Waals surface area contributed by atoms with E-state index in [1.807, 2.05) is 30.3 Å². The molecule has 3 rings (SSSR count). The predicted octanol–water partition coefficient (Wildman–Crippen LogP) is 6.26. The van der Waals surface area contributed by atoms with E-state index >= 15 is 0 Å². The highest BCUT2D eigenvalue weighted by Crippen LogP contribution is 2.18. The lowest BCUT2D eigenvalue weighted by Gasteiger charge is -2.08. The third-order valence-corrected chi connectivity index (χ3v) is 5.12. The maximum absolute atomic E-state index is 12.4. The summed E-state index contributed by atoms with van der Waals surface area (Å²) in [4.78, 5) is 24.6.